The fourth-order valence-electron chi connectivity index (χ4n) is 3.55. The fraction of sp³-hybridized carbons (Fsp3) is 0.727. The zero-order chi connectivity index (χ0) is 36.2. The molecule has 0 saturated heterocycles. The Bertz CT molecular complexity index is 1120. The lowest BCUT2D eigenvalue weighted by Gasteiger charge is -2.20. The molecule has 0 spiro atoms. The van der Waals surface area contributed by atoms with Gasteiger partial charge in [-0.1, -0.05) is 17.2 Å². The summed E-state index contributed by atoms with van der Waals surface area (Å²) >= 11 is 0. The summed E-state index contributed by atoms with van der Waals surface area (Å²) in [7, 11) is 0. The molecule has 0 radical (unpaired) electrons. The molecule has 278 valence electrons. The Labute approximate surface area is 289 Å². The molecule has 0 fully saturated rings. The Balaban J connectivity index is 2.12. The van der Waals surface area contributed by atoms with E-state index in [-0.39, 0.29) is 12.3 Å². The number of alkyl carbamates (subject to hydrolysis) is 1. The first-order chi connectivity index (χ1) is 23.4. The molecule has 0 heterocycles. The van der Waals surface area contributed by atoms with Crippen LogP contribution in [0.5, 0.6) is 5.75 Å². The number of aliphatic imine (C=N–C) groups is 1. The van der Waals surface area contributed by atoms with Gasteiger partial charge in [0.25, 0.3) is 0 Å². The lowest BCUT2D eigenvalue weighted by molar-refractivity contribution is -0.0175. The summed E-state index contributed by atoms with van der Waals surface area (Å²) in [4.78, 5) is 31.1. The van der Waals surface area contributed by atoms with Gasteiger partial charge in [-0.2, -0.15) is 4.99 Å². The number of aryl methyl sites for hydroxylation is 1. The van der Waals surface area contributed by atoms with E-state index in [0.717, 1.165) is 5.56 Å². The fourth-order valence-corrected chi connectivity index (χ4v) is 3.55. The van der Waals surface area contributed by atoms with Gasteiger partial charge in [0, 0.05) is 17.9 Å². The minimum Gasteiger partial charge on any atom is -0.491 e. The molecule has 16 nitrogen and oxygen atoms in total. The number of benzene rings is 1. The van der Waals surface area contributed by atoms with Crippen LogP contribution in [-0.2, 0) is 44.3 Å². The minimum absolute atomic E-state index is 0.154. The van der Waals surface area contributed by atoms with E-state index in [2.05, 4.69) is 20.3 Å². The second-order valence-corrected chi connectivity index (χ2v) is 12.3. The topological polar surface area (TPSA) is 190 Å². The maximum absolute atomic E-state index is 12.3. The van der Waals surface area contributed by atoms with Gasteiger partial charge in [0.15, 0.2) is 0 Å². The number of carbonyl (C=O) groups excluding carboxylic acids is 2. The Hall–Kier alpha value is -3.50. The SMILES string of the molecule is CC(C)(C)OC(=O)/N=C(/CCc1ccc(OCCOCCOCCOCCOCCOCCOCCN=[N+]=[N-])cc1)NC(=O)OC(C)(C)C. The van der Waals surface area contributed by atoms with Crippen molar-refractivity contribution < 1.29 is 52.2 Å². The van der Waals surface area contributed by atoms with Crippen molar-refractivity contribution in [3.63, 3.8) is 0 Å². The summed E-state index contributed by atoms with van der Waals surface area (Å²) in [5, 5.41) is 5.94. The summed E-state index contributed by atoms with van der Waals surface area (Å²) in [5.74, 6) is 0.846. The average Bonchev–Trinajstić information content (AvgIpc) is 3.01. The lowest BCUT2D eigenvalue weighted by atomic mass is 10.1. The smallest absolute Gasteiger partial charge is 0.435 e. The number of azide groups is 1. The van der Waals surface area contributed by atoms with Crippen LogP contribution in [0, 0.1) is 0 Å². The van der Waals surface area contributed by atoms with Gasteiger partial charge in [0.1, 0.15) is 29.4 Å². The number of carbonyl (C=O) groups is 2. The van der Waals surface area contributed by atoms with E-state index in [4.69, 9.17) is 48.2 Å². The number of hydrogen-bond acceptors (Lipinski definition) is 12. The van der Waals surface area contributed by atoms with E-state index in [1.807, 2.05) is 24.3 Å². The summed E-state index contributed by atoms with van der Waals surface area (Å²) in [6.45, 7) is 16.5. The molecule has 2 amide bonds. The number of nitrogens with zero attached hydrogens (tertiary/aromatic N) is 4. The summed E-state index contributed by atoms with van der Waals surface area (Å²) in [6, 6.07) is 7.50. The van der Waals surface area contributed by atoms with Crippen LogP contribution in [0.2, 0.25) is 0 Å². The van der Waals surface area contributed by atoms with Gasteiger partial charge in [0.2, 0.25) is 0 Å². The van der Waals surface area contributed by atoms with Crippen molar-refractivity contribution >= 4 is 18.0 Å². The molecule has 0 atom stereocenters. The van der Waals surface area contributed by atoms with Crippen LogP contribution in [0.15, 0.2) is 34.4 Å². The van der Waals surface area contributed by atoms with E-state index >= 15 is 0 Å². The number of amides is 2. The first-order valence-electron chi connectivity index (χ1n) is 16.4. The summed E-state index contributed by atoms with van der Waals surface area (Å²) < 4.78 is 48.8. The molecule has 0 unspecified atom stereocenters. The average molecular weight is 698 g/mol. The van der Waals surface area contributed by atoms with Crippen LogP contribution in [-0.4, -0.2) is 122 Å². The van der Waals surface area contributed by atoms with E-state index < -0.39 is 23.4 Å². The van der Waals surface area contributed by atoms with Crippen molar-refractivity contribution in [3.05, 3.63) is 40.3 Å². The van der Waals surface area contributed by atoms with Crippen molar-refractivity contribution in [2.24, 2.45) is 10.1 Å². The number of nitrogens with one attached hydrogen (secondary N) is 1. The molecule has 0 aromatic heterocycles. The van der Waals surface area contributed by atoms with Crippen molar-refractivity contribution in [1.82, 2.24) is 5.32 Å². The van der Waals surface area contributed by atoms with Crippen molar-refractivity contribution in [2.75, 3.05) is 92.4 Å². The largest absolute Gasteiger partial charge is 0.491 e. The van der Waals surface area contributed by atoms with Gasteiger partial charge in [-0.05, 0) is 71.2 Å². The number of amidine groups is 1. The third kappa shape index (κ3) is 28.1. The third-order valence-electron chi connectivity index (χ3n) is 5.59. The number of hydrogen-bond donors (Lipinski definition) is 1. The molecule has 0 aliphatic rings. The first-order valence-corrected chi connectivity index (χ1v) is 16.4. The molecule has 16 heteroatoms. The molecule has 1 aromatic rings. The minimum atomic E-state index is -0.789. The first kappa shape index (κ1) is 43.5. The highest BCUT2D eigenvalue weighted by atomic mass is 16.6. The van der Waals surface area contributed by atoms with Crippen LogP contribution in [0.1, 0.15) is 53.5 Å². The standard InChI is InChI=1S/C33H55N5O11/c1-32(2,3)48-30(39)36-29(37-31(40)49-33(4,5)6)12-9-27-7-10-28(11-8-27)47-26-25-46-24-23-45-22-21-44-20-19-43-18-17-42-16-15-41-14-13-35-38-34/h7-8,10-11H,9,12-26H2,1-6H3,(H,36,37,39,40). The number of ether oxygens (including phenoxy) is 9. The van der Waals surface area contributed by atoms with Crippen LogP contribution in [0.4, 0.5) is 9.59 Å². The highest BCUT2D eigenvalue weighted by Crippen LogP contribution is 2.14. The maximum atomic E-state index is 12.3. The normalized spacial score (nSPS) is 11.9. The molecular weight excluding hydrogens is 642 g/mol. The second kappa shape index (κ2) is 26.4. The molecule has 1 rings (SSSR count). The van der Waals surface area contributed by atoms with Gasteiger partial charge in [-0.15, -0.1) is 0 Å². The van der Waals surface area contributed by atoms with Crippen molar-refractivity contribution in [3.8, 4) is 5.75 Å². The van der Waals surface area contributed by atoms with Crippen LogP contribution < -0.4 is 10.1 Å². The Morgan fingerprint density at radius 3 is 1.57 bits per heavy atom. The molecule has 0 aliphatic carbocycles. The Kier molecular flexibility index (Phi) is 23.4. The van der Waals surface area contributed by atoms with Crippen LogP contribution in [0.25, 0.3) is 10.4 Å². The second-order valence-electron chi connectivity index (χ2n) is 12.3. The van der Waals surface area contributed by atoms with Crippen molar-refractivity contribution in [1.29, 1.82) is 0 Å². The summed E-state index contributed by atoms with van der Waals surface area (Å²) in [5.41, 5.74) is 7.70. The third-order valence-corrected chi connectivity index (χ3v) is 5.59. The zero-order valence-corrected chi connectivity index (χ0v) is 29.9. The number of rotatable bonds is 25. The summed E-state index contributed by atoms with van der Waals surface area (Å²) in [6.07, 6.45) is -0.690. The van der Waals surface area contributed by atoms with Crippen molar-refractivity contribution in [2.45, 2.75) is 65.6 Å². The van der Waals surface area contributed by atoms with Gasteiger partial charge in [-0.3, -0.25) is 5.32 Å². The van der Waals surface area contributed by atoms with E-state index in [0.29, 0.717) is 105 Å². The predicted octanol–water partition coefficient (Wildman–Crippen LogP) is 5.27. The Morgan fingerprint density at radius 2 is 1.12 bits per heavy atom. The van der Waals surface area contributed by atoms with E-state index in [9.17, 15) is 9.59 Å². The lowest BCUT2D eigenvalue weighted by Crippen LogP contribution is -2.37. The molecule has 0 saturated carbocycles. The molecule has 49 heavy (non-hydrogen) atoms. The highest BCUT2D eigenvalue weighted by molar-refractivity contribution is 6.00. The quantitative estimate of drug-likeness (QED) is 0.0350. The molecular formula is C33H55N5O11. The maximum Gasteiger partial charge on any atom is 0.435 e. The molecule has 0 bridgehead atoms. The van der Waals surface area contributed by atoms with Gasteiger partial charge >= 0.3 is 12.2 Å². The van der Waals surface area contributed by atoms with E-state index in [1.54, 1.807) is 41.5 Å². The Morgan fingerprint density at radius 1 is 0.673 bits per heavy atom. The zero-order valence-electron chi connectivity index (χ0n) is 29.9. The van der Waals surface area contributed by atoms with Gasteiger partial charge in [0.05, 0.1) is 79.3 Å². The van der Waals surface area contributed by atoms with Crippen LogP contribution in [0.3, 0.4) is 0 Å². The molecule has 0 aliphatic heterocycles. The van der Waals surface area contributed by atoms with Gasteiger partial charge < -0.3 is 42.6 Å². The van der Waals surface area contributed by atoms with Gasteiger partial charge in [-0.25, -0.2) is 9.59 Å². The van der Waals surface area contributed by atoms with E-state index in [1.165, 1.54) is 0 Å². The highest BCUT2D eigenvalue weighted by Gasteiger charge is 2.20. The molecule has 1 N–H and O–H groups in total. The predicted molar refractivity (Wildman–Crippen MR) is 182 cm³/mol. The molecule has 1 aromatic carbocycles. The van der Waals surface area contributed by atoms with Crippen LogP contribution >= 0.6 is 0 Å². The monoisotopic (exact) mass is 697 g/mol.